The average molecular weight is 261 g/mol. The summed E-state index contributed by atoms with van der Waals surface area (Å²) in [6, 6.07) is 8.98. The van der Waals surface area contributed by atoms with E-state index >= 15 is 0 Å². The summed E-state index contributed by atoms with van der Waals surface area (Å²) >= 11 is 0. The SMILES string of the molecule is COc1cccc(C(CNC2CC2)OC2CCC2)c1. The lowest BCUT2D eigenvalue weighted by Gasteiger charge is -2.31. The Kier molecular flexibility index (Phi) is 4.04. The first-order valence-electron chi connectivity index (χ1n) is 7.38. The van der Waals surface area contributed by atoms with E-state index in [1.54, 1.807) is 7.11 Å². The van der Waals surface area contributed by atoms with E-state index in [2.05, 4.69) is 17.4 Å². The number of ether oxygens (including phenoxy) is 2. The van der Waals surface area contributed by atoms with Gasteiger partial charge in [-0.2, -0.15) is 0 Å². The summed E-state index contributed by atoms with van der Waals surface area (Å²) in [5, 5.41) is 3.58. The van der Waals surface area contributed by atoms with Crippen molar-refractivity contribution in [3.8, 4) is 5.75 Å². The van der Waals surface area contributed by atoms with E-state index in [-0.39, 0.29) is 6.10 Å². The Hall–Kier alpha value is -1.06. The predicted octanol–water partition coefficient (Wildman–Crippen LogP) is 3.06. The van der Waals surface area contributed by atoms with Crippen LogP contribution in [0, 0.1) is 0 Å². The van der Waals surface area contributed by atoms with Crippen molar-refractivity contribution < 1.29 is 9.47 Å². The summed E-state index contributed by atoms with van der Waals surface area (Å²) in [5.41, 5.74) is 1.22. The number of rotatable bonds is 7. The zero-order valence-corrected chi connectivity index (χ0v) is 11.6. The predicted molar refractivity (Wildman–Crippen MR) is 75.5 cm³/mol. The monoisotopic (exact) mass is 261 g/mol. The van der Waals surface area contributed by atoms with Crippen LogP contribution in [-0.2, 0) is 4.74 Å². The van der Waals surface area contributed by atoms with Crippen LogP contribution in [0.4, 0.5) is 0 Å². The highest BCUT2D eigenvalue weighted by Crippen LogP contribution is 2.30. The average Bonchev–Trinajstić information content (AvgIpc) is 3.21. The summed E-state index contributed by atoms with van der Waals surface area (Å²) in [7, 11) is 1.71. The molecule has 0 saturated heterocycles. The topological polar surface area (TPSA) is 30.5 Å². The molecule has 0 radical (unpaired) electrons. The fourth-order valence-electron chi connectivity index (χ4n) is 2.39. The highest BCUT2D eigenvalue weighted by atomic mass is 16.5. The molecular formula is C16H23NO2. The van der Waals surface area contributed by atoms with Crippen molar-refractivity contribution in [1.29, 1.82) is 0 Å². The minimum atomic E-state index is 0.154. The van der Waals surface area contributed by atoms with Crippen molar-refractivity contribution in [1.82, 2.24) is 5.32 Å². The Bertz CT molecular complexity index is 413. The Morgan fingerprint density at radius 2 is 2.11 bits per heavy atom. The van der Waals surface area contributed by atoms with Crippen LogP contribution in [0.3, 0.4) is 0 Å². The maximum absolute atomic E-state index is 6.23. The van der Waals surface area contributed by atoms with E-state index < -0.39 is 0 Å². The highest BCUT2D eigenvalue weighted by Gasteiger charge is 2.26. The van der Waals surface area contributed by atoms with Crippen molar-refractivity contribution in [2.24, 2.45) is 0 Å². The Balaban J connectivity index is 1.66. The van der Waals surface area contributed by atoms with Gasteiger partial charge in [0, 0.05) is 12.6 Å². The zero-order chi connectivity index (χ0) is 13.1. The largest absolute Gasteiger partial charge is 0.497 e. The van der Waals surface area contributed by atoms with E-state index in [4.69, 9.17) is 9.47 Å². The van der Waals surface area contributed by atoms with Crippen LogP contribution < -0.4 is 10.1 Å². The van der Waals surface area contributed by atoms with Gasteiger partial charge in [-0.05, 0) is 49.8 Å². The van der Waals surface area contributed by atoms with Crippen LogP contribution >= 0.6 is 0 Å². The van der Waals surface area contributed by atoms with E-state index in [0.717, 1.165) is 18.3 Å². The molecule has 2 saturated carbocycles. The summed E-state index contributed by atoms with van der Waals surface area (Å²) < 4.78 is 11.5. The van der Waals surface area contributed by atoms with Gasteiger partial charge in [-0.1, -0.05) is 12.1 Å². The fraction of sp³-hybridized carbons (Fsp3) is 0.625. The van der Waals surface area contributed by atoms with E-state index in [1.165, 1.54) is 37.7 Å². The summed E-state index contributed by atoms with van der Waals surface area (Å²) in [6.45, 7) is 0.911. The third-order valence-electron chi connectivity index (χ3n) is 4.04. The van der Waals surface area contributed by atoms with Crippen molar-refractivity contribution in [2.45, 2.75) is 50.4 Å². The molecule has 1 aromatic rings. The lowest BCUT2D eigenvalue weighted by molar-refractivity contribution is -0.0521. The molecule has 3 heteroatoms. The van der Waals surface area contributed by atoms with Gasteiger partial charge in [-0.15, -0.1) is 0 Å². The molecule has 2 fully saturated rings. The summed E-state index contributed by atoms with van der Waals surface area (Å²) in [6.07, 6.45) is 6.97. The lowest BCUT2D eigenvalue weighted by atomic mass is 9.95. The molecule has 1 N–H and O–H groups in total. The van der Waals surface area contributed by atoms with Gasteiger partial charge < -0.3 is 14.8 Å². The Labute approximate surface area is 115 Å². The molecule has 3 nitrogen and oxygen atoms in total. The van der Waals surface area contributed by atoms with Gasteiger partial charge in [0.15, 0.2) is 0 Å². The number of hydrogen-bond acceptors (Lipinski definition) is 3. The van der Waals surface area contributed by atoms with Gasteiger partial charge in [0.1, 0.15) is 5.75 Å². The normalized spacial score (nSPS) is 20.9. The smallest absolute Gasteiger partial charge is 0.119 e. The third-order valence-corrected chi connectivity index (χ3v) is 4.04. The molecule has 0 amide bonds. The highest BCUT2D eigenvalue weighted by molar-refractivity contribution is 5.30. The van der Waals surface area contributed by atoms with Crippen LogP contribution in [-0.4, -0.2) is 25.8 Å². The maximum atomic E-state index is 6.23. The molecule has 3 rings (SSSR count). The van der Waals surface area contributed by atoms with E-state index in [9.17, 15) is 0 Å². The molecular weight excluding hydrogens is 238 g/mol. The molecule has 2 aliphatic rings. The van der Waals surface area contributed by atoms with Crippen molar-refractivity contribution in [3.05, 3.63) is 29.8 Å². The van der Waals surface area contributed by atoms with E-state index in [1.807, 2.05) is 12.1 Å². The molecule has 19 heavy (non-hydrogen) atoms. The van der Waals surface area contributed by atoms with Gasteiger partial charge in [-0.3, -0.25) is 0 Å². The third kappa shape index (κ3) is 3.48. The van der Waals surface area contributed by atoms with Crippen LogP contribution in [0.5, 0.6) is 5.75 Å². The molecule has 0 aliphatic heterocycles. The molecule has 1 atom stereocenters. The van der Waals surface area contributed by atoms with Gasteiger partial charge in [-0.25, -0.2) is 0 Å². The first-order chi connectivity index (χ1) is 9.35. The minimum Gasteiger partial charge on any atom is -0.497 e. The van der Waals surface area contributed by atoms with Crippen LogP contribution in [0.1, 0.15) is 43.8 Å². The summed E-state index contributed by atoms with van der Waals surface area (Å²) in [4.78, 5) is 0. The second-order valence-electron chi connectivity index (χ2n) is 5.64. The number of benzene rings is 1. The second-order valence-corrected chi connectivity index (χ2v) is 5.64. The first kappa shape index (κ1) is 12.9. The molecule has 1 aromatic carbocycles. The molecule has 0 spiro atoms. The molecule has 1 unspecified atom stereocenters. The maximum Gasteiger partial charge on any atom is 0.119 e. The van der Waals surface area contributed by atoms with E-state index in [0.29, 0.717) is 6.10 Å². The standard InChI is InChI=1S/C16H23NO2/c1-18-15-7-2-4-12(10-15)16(11-17-13-8-9-13)19-14-5-3-6-14/h2,4,7,10,13-14,16-17H,3,5-6,8-9,11H2,1H3. The van der Waals surface area contributed by atoms with Gasteiger partial charge >= 0.3 is 0 Å². The number of hydrogen-bond donors (Lipinski definition) is 1. The van der Waals surface area contributed by atoms with Gasteiger partial charge in [0.05, 0.1) is 19.3 Å². The van der Waals surface area contributed by atoms with Gasteiger partial charge in [0.25, 0.3) is 0 Å². The van der Waals surface area contributed by atoms with Gasteiger partial charge in [0.2, 0.25) is 0 Å². The number of nitrogens with one attached hydrogen (secondary N) is 1. The molecule has 0 aromatic heterocycles. The van der Waals surface area contributed by atoms with Crippen molar-refractivity contribution in [3.63, 3.8) is 0 Å². The zero-order valence-electron chi connectivity index (χ0n) is 11.6. The second kappa shape index (κ2) is 5.93. The molecule has 0 bridgehead atoms. The molecule has 2 aliphatic carbocycles. The van der Waals surface area contributed by atoms with Crippen LogP contribution in [0.2, 0.25) is 0 Å². The molecule has 0 heterocycles. The first-order valence-corrected chi connectivity index (χ1v) is 7.38. The van der Waals surface area contributed by atoms with Crippen LogP contribution in [0.25, 0.3) is 0 Å². The van der Waals surface area contributed by atoms with Crippen molar-refractivity contribution >= 4 is 0 Å². The summed E-state index contributed by atoms with van der Waals surface area (Å²) in [5.74, 6) is 0.908. The minimum absolute atomic E-state index is 0.154. The van der Waals surface area contributed by atoms with Crippen molar-refractivity contribution in [2.75, 3.05) is 13.7 Å². The Morgan fingerprint density at radius 3 is 2.74 bits per heavy atom. The lowest BCUT2D eigenvalue weighted by Crippen LogP contribution is -2.31. The van der Waals surface area contributed by atoms with Crippen LogP contribution in [0.15, 0.2) is 24.3 Å². The number of methoxy groups -OCH3 is 1. The Morgan fingerprint density at radius 1 is 1.26 bits per heavy atom. The molecule has 104 valence electrons. The fourth-order valence-corrected chi connectivity index (χ4v) is 2.39. The quantitative estimate of drug-likeness (QED) is 0.818.